The molecular weight excluding hydrogens is 268 g/mol. The van der Waals surface area contributed by atoms with Crippen LogP contribution < -0.4 is 5.73 Å². The van der Waals surface area contributed by atoms with Gasteiger partial charge in [0.15, 0.2) is 0 Å². The third-order valence-electron chi connectivity index (χ3n) is 3.31. The van der Waals surface area contributed by atoms with Crippen LogP contribution in [-0.4, -0.2) is 40.5 Å². The Morgan fingerprint density at radius 2 is 1.86 bits per heavy atom. The summed E-state index contributed by atoms with van der Waals surface area (Å²) in [4.78, 5) is 24.6. The fourth-order valence-corrected chi connectivity index (χ4v) is 2.19. The van der Waals surface area contributed by atoms with Crippen molar-refractivity contribution < 1.29 is 14.7 Å². The van der Waals surface area contributed by atoms with Gasteiger partial charge in [0.1, 0.15) is 0 Å². The summed E-state index contributed by atoms with van der Waals surface area (Å²) in [6.07, 6.45) is 0.990. The molecule has 0 aliphatic heterocycles. The molecule has 0 radical (unpaired) electrons. The zero-order valence-corrected chi connectivity index (χ0v) is 12.7. The summed E-state index contributed by atoms with van der Waals surface area (Å²) in [6.45, 7) is 4.24. The topological polar surface area (TPSA) is 83.6 Å². The van der Waals surface area contributed by atoms with Crippen LogP contribution in [-0.2, 0) is 16.0 Å². The Hall–Kier alpha value is -1.88. The number of amides is 1. The molecule has 5 heteroatoms. The van der Waals surface area contributed by atoms with E-state index in [4.69, 9.17) is 10.8 Å². The lowest BCUT2D eigenvalue weighted by Gasteiger charge is -2.29. The molecule has 21 heavy (non-hydrogen) atoms. The van der Waals surface area contributed by atoms with Crippen LogP contribution in [0, 0.1) is 0 Å². The van der Waals surface area contributed by atoms with Crippen molar-refractivity contribution in [2.45, 2.75) is 45.2 Å². The van der Waals surface area contributed by atoms with Gasteiger partial charge >= 0.3 is 5.97 Å². The molecule has 0 aliphatic carbocycles. The Balaban J connectivity index is 2.60. The van der Waals surface area contributed by atoms with E-state index in [1.165, 1.54) is 0 Å². The highest BCUT2D eigenvalue weighted by Gasteiger charge is 2.23. The number of rotatable bonds is 8. The number of carboxylic acid groups (broad SMARTS) is 1. The lowest BCUT2D eigenvalue weighted by atomic mass is 10.0. The lowest BCUT2D eigenvalue weighted by molar-refractivity contribution is -0.139. The maximum atomic E-state index is 12.4. The minimum absolute atomic E-state index is 0.00752. The van der Waals surface area contributed by atoms with Crippen molar-refractivity contribution in [1.82, 2.24) is 4.90 Å². The first-order chi connectivity index (χ1) is 9.91. The van der Waals surface area contributed by atoms with E-state index in [0.29, 0.717) is 19.4 Å². The summed E-state index contributed by atoms with van der Waals surface area (Å²) in [6, 6.07) is 9.05. The summed E-state index contributed by atoms with van der Waals surface area (Å²) < 4.78 is 0. The van der Waals surface area contributed by atoms with Crippen LogP contribution in [0.25, 0.3) is 0 Å². The fourth-order valence-electron chi connectivity index (χ4n) is 2.19. The standard InChI is InChI=1S/C16H24N2O3/c1-12(2)18(10-6-9-15(19)20)16(21)14(17)11-13-7-4-3-5-8-13/h3-5,7-8,12,14H,6,9-11,17H2,1-2H3,(H,19,20)/t14-/m0/s1. The van der Waals surface area contributed by atoms with Crippen LogP contribution >= 0.6 is 0 Å². The number of hydrogen-bond acceptors (Lipinski definition) is 3. The molecule has 0 fully saturated rings. The van der Waals surface area contributed by atoms with Crippen molar-refractivity contribution in [1.29, 1.82) is 0 Å². The summed E-state index contributed by atoms with van der Waals surface area (Å²) in [5.74, 6) is -0.973. The van der Waals surface area contributed by atoms with E-state index in [-0.39, 0.29) is 18.4 Å². The van der Waals surface area contributed by atoms with Gasteiger partial charge < -0.3 is 15.7 Å². The number of nitrogens with two attached hydrogens (primary N) is 1. The van der Waals surface area contributed by atoms with Gasteiger partial charge in [-0.2, -0.15) is 0 Å². The SMILES string of the molecule is CC(C)N(CCCC(=O)O)C(=O)[C@@H](N)Cc1ccccc1. The van der Waals surface area contributed by atoms with E-state index >= 15 is 0 Å². The van der Waals surface area contributed by atoms with Gasteiger partial charge in [-0.1, -0.05) is 30.3 Å². The fraction of sp³-hybridized carbons (Fsp3) is 0.500. The van der Waals surface area contributed by atoms with Gasteiger partial charge in [-0.3, -0.25) is 9.59 Å². The van der Waals surface area contributed by atoms with Gasteiger partial charge in [-0.25, -0.2) is 0 Å². The largest absolute Gasteiger partial charge is 0.481 e. The average Bonchev–Trinajstić information content (AvgIpc) is 2.43. The van der Waals surface area contributed by atoms with E-state index in [0.717, 1.165) is 5.56 Å². The first kappa shape index (κ1) is 17.2. The van der Waals surface area contributed by atoms with Gasteiger partial charge in [0.25, 0.3) is 0 Å². The van der Waals surface area contributed by atoms with Gasteiger partial charge in [0.2, 0.25) is 5.91 Å². The molecule has 0 aliphatic rings. The summed E-state index contributed by atoms with van der Waals surface area (Å²) in [7, 11) is 0. The average molecular weight is 292 g/mol. The lowest BCUT2D eigenvalue weighted by Crippen LogP contribution is -2.48. The second kappa shape index (κ2) is 8.42. The first-order valence-electron chi connectivity index (χ1n) is 7.23. The zero-order chi connectivity index (χ0) is 15.8. The molecule has 1 rings (SSSR count). The molecule has 5 nitrogen and oxygen atoms in total. The summed E-state index contributed by atoms with van der Waals surface area (Å²) >= 11 is 0. The van der Waals surface area contributed by atoms with E-state index in [1.54, 1.807) is 4.90 Å². The van der Waals surface area contributed by atoms with Crippen LogP contribution in [0.2, 0.25) is 0 Å². The van der Waals surface area contributed by atoms with Crippen molar-refractivity contribution in [2.75, 3.05) is 6.54 Å². The molecule has 1 atom stereocenters. The zero-order valence-electron chi connectivity index (χ0n) is 12.7. The van der Waals surface area contributed by atoms with Gasteiger partial charge in [-0.05, 0) is 32.3 Å². The second-order valence-electron chi connectivity index (χ2n) is 5.42. The number of aliphatic carboxylic acids is 1. The predicted molar refractivity (Wildman–Crippen MR) is 81.8 cm³/mol. The number of carboxylic acids is 1. The minimum Gasteiger partial charge on any atom is -0.481 e. The number of carbonyl (C=O) groups excluding carboxylic acids is 1. The first-order valence-corrected chi connectivity index (χ1v) is 7.23. The maximum absolute atomic E-state index is 12.4. The molecule has 3 N–H and O–H groups in total. The van der Waals surface area contributed by atoms with Crippen LogP contribution in [0.15, 0.2) is 30.3 Å². The minimum atomic E-state index is -0.847. The van der Waals surface area contributed by atoms with Crippen molar-refractivity contribution in [3.63, 3.8) is 0 Å². The van der Waals surface area contributed by atoms with Crippen molar-refractivity contribution in [3.8, 4) is 0 Å². The Labute approximate surface area is 125 Å². The third-order valence-corrected chi connectivity index (χ3v) is 3.31. The number of carbonyl (C=O) groups is 2. The molecule has 0 unspecified atom stereocenters. The highest BCUT2D eigenvalue weighted by molar-refractivity contribution is 5.82. The summed E-state index contributed by atoms with van der Waals surface area (Å²) in [5, 5.41) is 8.68. The Bertz CT molecular complexity index is 460. The molecule has 1 aromatic carbocycles. The Morgan fingerprint density at radius 3 is 2.38 bits per heavy atom. The van der Waals surface area contributed by atoms with Crippen LogP contribution in [0.3, 0.4) is 0 Å². The molecule has 1 amide bonds. The third kappa shape index (κ3) is 5.95. The van der Waals surface area contributed by atoms with E-state index in [9.17, 15) is 9.59 Å². The number of nitrogens with zero attached hydrogens (tertiary/aromatic N) is 1. The van der Waals surface area contributed by atoms with Crippen LogP contribution in [0.1, 0.15) is 32.3 Å². The van der Waals surface area contributed by atoms with Gasteiger partial charge in [0, 0.05) is 19.0 Å². The highest BCUT2D eigenvalue weighted by atomic mass is 16.4. The Kier molecular flexibility index (Phi) is 6.88. The molecule has 0 saturated heterocycles. The smallest absolute Gasteiger partial charge is 0.303 e. The van der Waals surface area contributed by atoms with E-state index in [1.807, 2.05) is 44.2 Å². The molecule has 0 spiro atoms. The molecule has 1 aromatic rings. The molecule has 0 heterocycles. The van der Waals surface area contributed by atoms with Gasteiger partial charge in [0.05, 0.1) is 6.04 Å². The maximum Gasteiger partial charge on any atom is 0.303 e. The number of benzene rings is 1. The molecule has 0 saturated carbocycles. The normalized spacial score (nSPS) is 12.2. The van der Waals surface area contributed by atoms with Crippen LogP contribution in [0.5, 0.6) is 0 Å². The van der Waals surface area contributed by atoms with Crippen molar-refractivity contribution in [2.24, 2.45) is 5.73 Å². The molecule has 0 bridgehead atoms. The number of hydrogen-bond donors (Lipinski definition) is 2. The van der Waals surface area contributed by atoms with Crippen molar-refractivity contribution in [3.05, 3.63) is 35.9 Å². The van der Waals surface area contributed by atoms with Crippen molar-refractivity contribution >= 4 is 11.9 Å². The monoisotopic (exact) mass is 292 g/mol. The van der Waals surface area contributed by atoms with Crippen LogP contribution in [0.4, 0.5) is 0 Å². The predicted octanol–water partition coefficient (Wildman–Crippen LogP) is 1.66. The van der Waals surface area contributed by atoms with Gasteiger partial charge in [-0.15, -0.1) is 0 Å². The molecular formula is C16H24N2O3. The highest BCUT2D eigenvalue weighted by Crippen LogP contribution is 2.08. The molecule has 0 aromatic heterocycles. The second-order valence-corrected chi connectivity index (χ2v) is 5.42. The quantitative estimate of drug-likeness (QED) is 0.763. The van der Waals surface area contributed by atoms with E-state index < -0.39 is 12.0 Å². The van der Waals surface area contributed by atoms with E-state index in [2.05, 4.69) is 0 Å². The summed E-state index contributed by atoms with van der Waals surface area (Å²) in [5.41, 5.74) is 7.03. The molecule has 116 valence electrons. The Morgan fingerprint density at radius 1 is 1.24 bits per heavy atom.